The molecule has 0 aliphatic rings. The van der Waals surface area contributed by atoms with Crippen molar-refractivity contribution in [3.8, 4) is 0 Å². The van der Waals surface area contributed by atoms with Crippen LogP contribution in [-0.4, -0.2) is 24.5 Å². The summed E-state index contributed by atoms with van der Waals surface area (Å²) in [6.07, 6.45) is 7.65. The summed E-state index contributed by atoms with van der Waals surface area (Å²) in [6.45, 7) is 5.73. The van der Waals surface area contributed by atoms with Gasteiger partial charge in [-0.15, -0.1) is 0 Å². The minimum Gasteiger partial charge on any atom is -0.362 e. The van der Waals surface area contributed by atoms with Crippen molar-refractivity contribution in [3.05, 3.63) is 71.7 Å². The van der Waals surface area contributed by atoms with Crippen LogP contribution in [-0.2, 0) is 19.5 Å². The summed E-state index contributed by atoms with van der Waals surface area (Å²) in [7, 11) is 0. The molecule has 0 unspecified atom stereocenters. The monoisotopic (exact) mass is 360 g/mol. The van der Waals surface area contributed by atoms with E-state index < -0.39 is 0 Å². The second-order valence-electron chi connectivity index (χ2n) is 6.80. The molecule has 1 aromatic carbocycles. The number of hydrogen-bond donors (Lipinski definition) is 2. The molecule has 0 saturated heterocycles. The van der Waals surface area contributed by atoms with Gasteiger partial charge < -0.3 is 14.9 Å². The number of nitrogens with one attached hydrogen (secondary N) is 2. The summed E-state index contributed by atoms with van der Waals surface area (Å²) in [4.78, 5) is 16.6. The molecule has 0 aliphatic carbocycles. The van der Waals surface area contributed by atoms with Gasteiger partial charge in [0, 0.05) is 24.6 Å². The van der Waals surface area contributed by atoms with E-state index in [4.69, 9.17) is 0 Å². The standard InChI is InChI=1S/C21H24N6/c1-15-16(2)26-21-19(15)20(24-14-25-21)23-13-18-22-10-12-27(18)11-6-9-17-7-4-3-5-8-17/h3-5,7-8,10,12,14H,6,9,11,13H2,1-2H3,(H2,23,24,25,26). The van der Waals surface area contributed by atoms with Gasteiger partial charge in [-0.25, -0.2) is 15.0 Å². The maximum Gasteiger partial charge on any atom is 0.143 e. The first kappa shape index (κ1) is 17.3. The van der Waals surface area contributed by atoms with Crippen LogP contribution in [0, 0.1) is 13.8 Å². The topological polar surface area (TPSA) is 71.4 Å². The van der Waals surface area contributed by atoms with Crippen LogP contribution in [0.15, 0.2) is 49.1 Å². The summed E-state index contributed by atoms with van der Waals surface area (Å²) in [5.41, 5.74) is 4.54. The Hall–Kier alpha value is -3.15. The molecular weight excluding hydrogens is 336 g/mol. The molecular formula is C21H24N6. The fourth-order valence-electron chi connectivity index (χ4n) is 3.40. The average Bonchev–Trinajstić information content (AvgIpc) is 3.25. The van der Waals surface area contributed by atoms with Crippen LogP contribution in [0.1, 0.15) is 29.1 Å². The lowest BCUT2D eigenvalue weighted by Gasteiger charge is -2.10. The highest BCUT2D eigenvalue weighted by Gasteiger charge is 2.12. The average molecular weight is 360 g/mol. The number of fused-ring (bicyclic) bond motifs is 1. The number of rotatable bonds is 7. The van der Waals surface area contributed by atoms with Crippen molar-refractivity contribution < 1.29 is 0 Å². The molecule has 0 aliphatic heterocycles. The molecule has 0 saturated carbocycles. The zero-order valence-corrected chi connectivity index (χ0v) is 15.7. The lowest BCUT2D eigenvalue weighted by Crippen LogP contribution is -2.10. The van der Waals surface area contributed by atoms with Gasteiger partial charge in [-0.3, -0.25) is 0 Å². The summed E-state index contributed by atoms with van der Waals surface area (Å²) in [5.74, 6) is 1.86. The molecule has 4 rings (SSSR count). The van der Waals surface area contributed by atoms with Gasteiger partial charge in [0.15, 0.2) is 0 Å². The number of aromatic amines is 1. The van der Waals surface area contributed by atoms with Crippen molar-refractivity contribution >= 4 is 16.9 Å². The first-order valence-electron chi connectivity index (χ1n) is 9.30. The van der Waals surface area contributed by atoms with Gasteiger partial charge in [-0.05, 0) is 37.8 Å². The number of aryl methyl sites for hydroxylation is 4. The Balaban J connectivity index is 1.42. The molecule has 0 radical (unpaired) electrons. The van der Waals surface area contributed by atoms with Crippen LogP contribution in [0.2, 0.25) is 0 Å². The predicted molar refractivity (Wildman–Crippen MR) is 108 cm³/mol. The van der Waals surface area contributed by atoms with E-state index in [0.29, 0.717) is 6.54 Å². The van der Waals surface area contributed by atoms with Crippen molar-refractivity contribution in [1.29, 1.82) is 0 Å². The van der Waals surface area contributed by atoms with E-state index in [-0.39, 0.29) is 0 Å². The predicted octanol–water partition coefficient (Wildman–Crippen LogP) is 4.02. The number of imidazole rings is 1. The van der Waals surface area contributed by atoms with E-state index in [9.17, 15) is 0 Å². The fraction of sp³-hybridized carbons (Fsp3) is 0.286. The second-order valence-corrected chi connectivity index (χ2v) is 6.80. The van der Waals surface area contributed by atoms with E-state index >= 15 is 0 Å². The van der Waals surface area contributed by atoms with E-state index in [1.807, 2.05) is 12.4 Å². The number of benzene rings is 1. The highest BCUT2D eigenvalue weighted by atomic mass is 15.1. The Morgan fingerprint density at radius 3 is 2.78 bits per heavy atom. The molecule has 138 valence electrons. The van der Waals surface area contributed by atoms with Crippen LogP contribution < -0.4 is 5.32 Å². The Morgan fingerprint density at radius 1 is 1.07 bits per heavy atom. The molecule has 0 fully saturated rings. The zero-order valence-electron chi connectivity index (χ0n) is 15.7. The lowest BCUT2D eigenvalue weighted by atomic mass is 10.1. The molecule has 27 heavy (non-hydrogen) atoms. The van der Waals surface area contributed by atoms with Crippen molar-refractivity contribution in [2.24, 2.45) is 0 Å². The van der Waals surface area contributed by atoms with Crippen molar-refractivity contribution in [1.82, 2.24) is 24.5 Å². The Morgan fingerprint density at radius 2 is 1.93 bits per heavy atom. The molecule has 3 aromatic heterocycles. The minimum atomic E-state index is 0.633. The molecule has 0 spiro atoms. The molecule has 0 amide bonds. The Kier molecular flexibility index (Phi) is 4.87. The van der Waals surface area contributed by atoms with Gasteiger partial charge in [0.05, 0.1) is 11.9 Å². The molecule has 2 N–H and O–H groups in total. The van der Waals surface area contributed by atoms with Gasteiger partial charge in [0.2, 0.25) is 0 Å². The van der Waals surface area contributed by atoms with Crippen molar-refractivity contribution in [2.75, 3.05) is 5.32 Å². The third kappa shape index (κ3) is 3.69. The highest BCUT2D eigenvalue weighted by Crippen LogP contribution is 2.25. The molecule has 4 aromatic rings. The van der Waals surface area contributed by atoms with Crippen LogP contribution >= 0.6 is 0 Å². The number of H-pyrrole nitrogens is 1. The zero-order chi connectivity index (χ0) is 18.6. The quantitative estimate of drug-likeness (QED) is 0.522. The van der Waals surface area contributed by atoms with Gasteiger partial charge >= 0.3 is 0 Å². The maximum absolute atomic E-state index is 4.51. The van der Waals surface area contributed by atoms with E-state index in [1.54, 1.807) is 6.33 Å². The number of anilines is 1. The minimum absolute atomic E-state index is 0.633. The summed E-state index contributed by atoms with van der Waals surface area (Å²) in [6, 6.07) is 10.6. The molecule has 0 bridgehead atoms. The van der Waals surface area contributed by atoms with Crippen LogP contribution in [0.25, 0.3) is 11.0 Å². The Labute approximate surface area is 158 Å². The maximum atomic E-state index is 4.51. The van der Waals surface area contributed by atoms with E-state index in [0.717, 1.165) is 47.8 Å². The van der Waals surface area contributed by atoms with Crippen LogP contribution in [0.4, 0.5) is 5.82 Å². The SMILES string of the molecule is Cc1[nH]c2ncnc(NCc3nccn3CCCc3ccccc3)c2c1C. The van der Waals surface area contributed by atoms with Gasteiger partial charge in [-0.2, -0.15) is 0 Å². The van der Waals surface area contributed by atoms with Crippen LogP contribution in [0.5, 0.6) is 0 Å². The highest BCUT2D eigenvalue weighted by molar-refractivity contribution is 5.91. The van der Waals surface area contributed by atoms with E-state index in [1.165, 1.54) is 11.1 Å². The smallest absolute Gasteiger partial charge is 0.143 e. The van der Waals surface area contributed by atoms with Crippen LogP contribution in [0.3, 0.4) is 0 Å². The van der Waals surface area contributed by atoms with E-state index in [2.05, 4.69) is 74.0 Å². The molecule has 3 heterocycles. The normalized spacial score (nSPS) is 11.2. The number of nitrogens with zero attached hydrogens (tertiary/aromatic N) is 4. The third-order valence-electron chi connectivity index (χ3n) is 5.01. The van der Waals surface area contributed by atoms with Crippen molar-refractivity contribution in [2.45, 2.75) is 39.8 Å². The largest absolute Gasteiger partial charge is 0.362 e. The first-order valence-corrected chi connectivity index (χ1v) is 9.30. The lowest BCUT2D eigenvalue weighted by molar-refractivity contribution is 0.615. The fourth-order valence-corrected chi connectivity index (χ4v) is 3.40. The Bertz CT molecular complexity index is 1030. The van der Waals surface area contributed by atoms with Crippen molar-refractivity contribution in [3.63, 3.8) is 0 Å². The molecule has 6 nitrogen and oxygen atoms in total. The molecule has 6 heteroatoms. The summed E-state index contributed by atoms with van der Waals surface area (Å²) in [5, 5.41) is 4.49. The second kappa shape index (κ2) is 7.61. The van der Waals surface area contributed by atoms with Gasteiger partial charge in [0.1, 0.15) is 23.6 Å². The summed E-state index contributed by atoms with van der Waals surface area (Å²) < 4.78 is 2.21. The third-order valence-corrected chi connectivity index (χ3v) is 5.01. The number of aromatic nitrogens is 5. The summed E-state index contributed by atoms with van der Waals surface area (Å²) >= 11 is 0. The van der Waals surface area contributed by atoms with Gasteiger partial charge in [-0.1, -0.05) is 30.3 Å². The first-order chi connectivity index (χ1) is 13.2. The molecule has 0 atom stereocenters. The van der Waals surface area contributed by atoms with Gasteiger partial charge in [0.25, 0.3) is 0 Å². The number of hydrogen-bond acceptors (Lipinski definition) is 4.